The van der Waals surface area contributed by atoms with Crippen LogP contribution in [0.3, 0.4) is 0 Å². The normalized spacial score (nSPS) is 28.9. The van der Waals surface area contributed by atoms with E-state index in [0.717, 1.165) is 32.1 Å². The van der Waals surface area contributed by atoms with E-state index in [4.69, 9.17) is 14.2 Å². The lowest BCUT2D eigenvalue weighted by molar-refractivity contribution is -0.166. The molecule has 2 aromatic carbocycles. The number of aryl methyl sites for hydroxylation is 1. The predicted molar refractivity (Wildman–Crippen MR) is 143 cm³/mol. The maximum atomic E-state index is 13.7. The summed E-state index contributed by atoms with van der Waals surface area (Å²) in [5.74, 6) is 1.16. The summed E-state index contributed by atoms with van der Waals surface area (Å²) < 4.78 is 16.9. The molecule has 1 amide bonds. The third-order valence-electron chi connectivity index (χ3n) is 9.16. The molecule has 198 valence electrons. The number of hydrogen-bond acceptors (Lipinski definition) is 5. The van der Waals surface area contributed by atoms with Gasteiger partial charge in [0, 0.05) is 0 Å². The minimum absolute atomic E-state index is 0.0460. The monoisotopic (exact) mass is 505 g/mol. The molecule has 1 saturated carbocycles. The number of carbonyl (C=O) groups excluding carboxylic acids is 2. The van der Waals surface area contributed by atoms with E-state index in [0.29, 0.717) is 23.9 Å². The molecule has 2 aromatic rings. The molecule has 2 unspecified atom stereocenters. The van der Waals surface area contributed by atoms with Crippen LogP contribution in [0.5, 0.6) is 5.75 Å². The molecule has 6 nitrogen and oxygen atoms in total. The number of cyclic esters (lactones) is 1. The molecule has 1 aliphatic heterocycles. The zero-order valence-corrected chi connectivity index (χ0v) is 22.7. The summed E-state index contributed by atoms with van der Waals surface area (Å²) in [6.07, 6.45) is 3.91. The van der Waals surface area contributed by atoms with E-state index < -0.39 is 17.6 Å². The largest absolute Gasteiger partial charge is 0.495 e. The van der Waals surface area contributed by atoms with Crippen LogP contribution in [0.1, 0.15) is 76.0 Å². The number of esters is 1. The molecule has 2 aliphatic carbocycles. The van der Waals surface area contributed by atoms with Gasteiger partial charge in [-0.25, -0.2) is 4.79 Å². The first-order valence-electron chi connectivity index (χ1n) is 13.6. The first kappa shape index (κ1) is 25.6. The van der Waals surface area contributed by atoms with Gasteiger partial charge in [-0.1, -0.05) is 57.5 Å². The Labute approximate surface area is 220 Å². The van der Waals surface area contributed by atoms with Gasteiger partial charge in [0.2, 0.25) is 0 Å². The number of methoxy groups -OCH3 is 1. The molecule has 2 fully saturated rings. The number of para-hydroxylation sites is 2. The Morgan fingerprint density at radius 2 is 1.95 bits per heavy atom. The van der Waals surface area contributed by atoms with Gasteiger partial charge in [-0.15, -0.1) is 0 Å². The number of fused-ring (bicyclic) bond motifs is 3. The fraction of sp³-hybridized carbons (Fsp3) is 0.548. The van der Waals surface area contributed by atoms with Crippen LogP contribution >= 0.6 is 0 Å². The van der Waals surface area contributed by atoms with E-state index >= 15 is 0 Å². The topological polar surface area (TPSA) is 65.1 Å². The number of hydrogen-bond donors (Lipinski definition) is 0. The van der Waals surface area contributed by atoms with Gasteiger partial charge in [0.05, 0.1) is 24.8 Å². The van der Waals surface area contributed by atoms with Gasteiger partial charge in [-0.05, 0) is 78.7 Å². The van der Waals surface area contributed by atoms with Crippen LogP contribution in [0.4, 0.5) is 10.5 Å². The Hall–Kier alpha value is -3.02. The molecule has 6 heteroatoms. The summed E-state index contributed by atoms with van der Waals surface area (Å²) in [6.45, 7) is 9.28. The van der Waals surface area contributed by atoms with Gasteiger partial charge < -0.3 is 14.2 Å². The standard InChI is InChI=1S/C31H39NO5/c1-20(2)21-11-13-24-22(17-21)12-14-27-30(24,3)15-8-16-31(27,4)28(33)36-19-23-18-32(29(34)37-23)25-9-6-7-10-26(25)35-5/h6-7,9-11,13,17,20,23,27H,8,12,14-16,18-19H2,1-5H3/t23?,27?,30-,31-/m1/s1. The molecular weight excluding hydrogens is 466 g/mol. The Balaban J connectivity index is 1.29. The smallest absolute Gasteiger partial charge is 0.415 e. The lowest BCUT2D eigenvalue weighted by Gasteiger charge is -2.54. The highest BCUT2D eigenvalue weighted by Crippen LogP contribution is 2.57. The van der Waals surface area contributed by atoms with Crippen molar-refractivity contribution < 1.29 is 23.8 Å². The second-order valence-corrected chi connectivity index (χ2v) is 11.7. The summed E-state index contributed by atoms with van der Waals surface area (Å²) in [5, 5.41) is 0. The fourth-order valence-electron chi connectivity index (χ4n) is 7.11. The number of benzene rings is 2. The Kier molecular flexibility index (Phi) is 6.71. The minimum atomic E-state index is -0.563. The molecule has 37 heavy (non-hydrogen) atoms. The zero-order valence-electron chi connectivity index (χ0n) is 22.7. The highest BCUT2D eigenvalue weighted by atomic mass is 16.6. The van der Waals surface area contributed by atoms with Crippen LogP contribution in [-0.2, 0) is 26.1 Å². The average molecular weight is 506 g/mol. The van der Waals surface area contributed by atoms with Crippen LogP contribution in [0.2, 0.25) is 0 Å². The lowest BCUT2D eigenvalue weighted by Crippen LogP contribution is -2.53. The summed E-state index contributed by atoms with van der Waals surface area (Å²) >= 11 is 0. The summed E-state index contributed by atoms with van der Waals surface area (Å²) in [7, 11) is 1.57. The van der Waals surface area contributed by atoms with Crippen molar-refractivity contribution in [2.75, 3.05) is 25.2 Å². The predicted octanol–water partition coefficient (Wildman–Crippen LogP) is 6.40. The number of rotatable bonds is 6. The van der Waals surface area contributed by atoms with E-state index in [-0.39, 0.29) is 23.9 Å². The van der Waals surface area contributed by atoms with Crippen molar-refractivity contribution in [2.45, 2.75) is 77.2 Å². The third-order valence-corrected chi connectivity index (χ3v) is 9.16. The summed E-state index contributed by atoms with van der Waals surface area (Å²) in [6, 6.07) is 14.3. The van der Waals surface area contributed by atoms with E-state index in [9.17, 15) is 9.59 Å². The number of nitrogens with zero attached hydrogens (tertiary/aromatic N) is 1. The van der Waals surface area contributed by atoms with Crippen molar-refractivity contribution in [1.29, 1.82) is 0 Å². The number of carbonyl (C=O) groups is 2. The van der Waals surface area contributed by atoms with E-state index in [1.807, 2.05) is 24.3 Å². The van der Waals surface area contributed by atoms with Crippen LogP contribution in [-0.4, -0.2) is 38.4 Å². The van der Waals surface area contributed by atoms with Gasteiger partial charge in [-0.3, -0.25) is 9.69 Å². The molecule has 0 aromatic heterocycles. The highest BCUT2D eigenvalue weighted by molar-refractivity contribution is 5.91. The van der Waals surface area contributed by atoms with Crippen molar-refractivity contribution >= 4 is 17.7 Å². The molecule has 0 spiro atoms. The number of amides is 1. The van der Waals surface area contributed by atoms with Crippen molar-refractivity contribution in [3.8, 4) is 5.75 Å². The third kappa shape index (κ3) is 4.38. The SMILES string of the molecule is COc1ccccc1N1CC(COC(=O)[C@]2(C)CCC[C@]3(C)c4ccc(C(C)C)cc4CCC23)OC1=O. The fourth-order valence-corrected chi connectivity index (χ4v) is 7.11. The number of ether oxygens (including phenoxy) is 3. The molecule has 3 aliphatic rings. The van der Waals surface area contributed by atoms with Crippen molar-refractivity contribution in [2.24, 2.45) is 11.3 Å². The molecule has 4 atom stereocenters. The van der Waals surface area contributed by atoms with Crippen molar-refractivity contribution in [3.63, 3.8) is 0 Å². The van der Waals surface area contributed by atoms with Crippen LogP contribution in [0.25, 0.3) is 0 Å². The molecule has 0 bridgehead atoms. The van der Waals surface area contributed by atoms with Crippen LogP contribution in [0.15, 0.2) is 42.5 Å². The molecular formula is C31H39NO5. The Morgan fingerprint density at radius 3 is 2.70 bits per heavy atom. The molecule has 1 saturated heterocycles. The van der Waals surface area contributed by atoms with Gasteiger partial charge in [0.1, 0.15) is 12.4 Å². The molecule has 0 N–H and O–H groups in total. The van der Waals surface area contributed by atoms with E-state index in [1.165, 1.54) is 16.7 Å². The maximum absolute atomic E-state index is 13.7. The molecule has 1 heterocycles. The van der Waals surface area contributed by atoms with E-state index in [2.05, 4.69) is 45.9 Å². The van der Waals surface area contributed by atoms with E-state index in [1.54, 1.807) is 12.0 Å². The van der Waals surface area contributed by atoms with Crippen LogP contribution < -0.4 is 9.64 Å². The summed E-state index contributed by atoms with van der Waals surface area (Å²) in [4.78, 5) is 27.8. The first-order chi connectivity index (χ1) is 17.7. The lowest BCUT2D eigenvalue weighted by atomic mass is 9.49. The second-order valence-electron chi connectivity index (χ2n) is 11.7. The van der Waals surface area contributed by atoms with Crippen molar-refractivity contribution in [3.05, 3.63) is 59.2 Å². The maximum Gasteiger partial charge on any atom is 0.415 e. The minimum Gasteiger partial charge on any atom is -0.495 e. The average Bonchev–Trinajstić information content (AvgIpc) is 3.26. The Morgan fingerprint density at radius 1 is 1.16 bits per heavy atom. The van der Waals surface area contributed by atoms with Gasteiger partial charge in [0.25, 0.3) is 0 Å². The zero-order chi connectivity index (χ0) is 26.4. The van der Waals surface area contributed by atoms with Crippen molar-refractivity contribution in [1.82, 2.24) is 0 Å². The first-order valence-corrected chi connectivity index (χ1v) is 13.6. The number of anilines is 1. The van der Waals surface area contributed by atoms with Crippen LogP contribution in [0, 0.1) is 11.3 Å². The highest BCUT2D eigenvalue weighted by Gasteiger charge is 2.56. The second kappa shape index (κ2) is 9.70. The van der Waals surface area contributed by atoms with Gasteiger partial charge in [-0.2, -0.15) is 0 Å². The molecule has 0 radical (unpaired) electrons. The quantitative estimate of drug-likeness (QED) is 0.425. The summed E-state index contributed by atoms with van der Waals surface area (Å²) in [5.41, 5.74) is 4.27. The van der Waals surface area contributed by atoms with Gasteiger partial charge >= 0.3 is 12.1 Å². The molecule has 5 rings (SSSR count). The Bertz CT molecular complexity index is 1190. The van der Waals surface area contributed by atoms with Gasteiger partial charge in [0.15, 0.2) is 6.10 Å².